The number of hydrogen-bond acceptors (Lipinski definition) is 7. The second kappa shape index (κ2) is 6.83. The van der Waals surface area contributed by atoms with Gasteiger partial charge in [0.2, 0.25) is 5.91 Å². The van der Waals surface area contributed by atoms with Crippen LogP contribution in [0.4, 0.5) is 0 Å². The van der Waals surface area contributed by atoms with Crippen LogP contribution in [-0.2, 0) is 9.53 Å². The maximum atomic E-state index is 11.8. The Kier molecular flexibility index (Phi) is 5.08. The number of carbonyl (C=O) groups excluding carboxylic acids is 1. The minimum absolute atomic E-state index is 0.0419. The first-order valence-corrected chi connectivity index (χ1v) is 6.73. The van der Waals surface area contributed by atoms with Gasteiger partial charge in [0.1, 0.15) is 18.2 Å². The molecule has 1 aromatic heterocycles. The molecule has 6 N–H and O–H groups in total. The Bertz CT molecular complexity index is 641. The summed E-state index contributed by atoms with van der Waals surface area (Å²) in [4.78, 5) is 36.7. The normalized spacial score (nSPS) is 27.8. The van der Waals surface area contributed by atoms with Gasteiger partial charge in [-0.3, -0.25) is 19.1 Å². The quantitative estimate of drug-likeness (QED) is 0.379. The third-order valence-electron chi connectivity index (χ3n) is 3.37. The molecule has 1 saturated heterocycles. The van der Waals surface area contributed by atoms with Gasteiger partial charge in [0.25, 0.3) is 5.56 Å². The fraction of sp³-hybridized carbons (Fsp3) is 0.583. The fourth-order valence-electron chi connectivity index (χ4n) is 2.31. The van der Waals surface area contributed by atoms with E-state index < -0.39 is 48.2 Å². The first-order chi connectivity index (χ1) is 10.5. The van der Waals surface area contributed by atoms with Crippen LogP contribution in [0.2, 0.25) is 0 Å². The van der Waals surface area contributed by atoms with Crippen LogP contribution in [0.15, 0.2) is 21.9 Å². The Balaban J connectivity index is 2.31. The summed E-state index contributed by atoms with van der Waals surface area (Å²) in [6, 6.07) is 0.155. The molecule has 0 unspecified atom stereocenters. The molecule has 0 radical (unpaired) electrons. The van der Waals surface area contributed by atoms with Gasteiger partial charge in [0, 0.05) is 25.2 Å². The van der Waals surface area contributed by atoms with Crippen molar-refractivity contribution in [3.63, 3.8) is 0 Å². The number of nitrogens with zero attached hydrogens (tertiary/aromatic N) is 1. The largest absolute Gasteiger partial charge is 0.394 e. The van der Waals surface area contributed by atoms with Crippen molar-refractivity contribution in [2.75, 3.05) is 13.2 Å². The van der Waals surface area contributed by atoms with Crippen LogP contribution in [0.3, 0.4) is 0 Å². The average Bonchev–Trinajstić information content (AvgIpc) is 2.76. The Labute approximate surface area is 124 Å². The zero-order valence-electron chi connectivity index (χ0n) is 11.6. The summed E-state index contributed by atoms with van der Waals surface area (Å²) in [5.41, 5.74) is 3.96. The predicted octanol–water partition coefficient (Wildman–Crippen LogP) is -3.38. The van der Waals surface area contributed by atoms with E-state index in [0.29, 0.717) is 0 Å². The SMILES string of the molecule is NCCC(=O)N[C@@H]1[C@H](O)[C@@H](CO)O[C@H]1n1ccc(=O)[nH]c1=O. The van der Waals surface area contributed by atoms with Crippen LogP contribution in [0.25, 0.3) is 0 Å². The van der Waals surface area contributed by atoms with Crippen LogP contribution in [0.5, 0.6) is 0 Å². The molecule has 0 spiro atoms. The molecule has 10 heteroatoms. The monoisotopic (exact) mass is 314 g/mol. The zero-order valence-corrected chi connectivity index (χ0v) is 11.6. The maximum absolute atomic E-state index is 11.8. The number of carbonyl (C=O) groups is 1. The third-order valence-corrected chi connectivity index (χ3v) is 3.37. The van der Waals surface area contributed by atoms with Crippen LogP contribution < -0.4 is 22.3 Å². The van der Waals surface area contributed by atoms with Gasteiger partial charge in [-0.15, -0.1) is 0 Å². The fourth-order valence-corrected chi connectivity index (χ4v) is 2.31. The predicted molar refractivity (Wildman–Crippen MR) is 73.9 cm³/mol. The molecular weight excluding hydrogens is 296 g/mol. The van der Waals surface area contributed by atoms with E-state index >= 15 is 0 Å². The molecule has 1 aromatic rings. The molecule has 2 rings (SSSR count). The lowest BCUT2D eigenvalue weighted by atomic mass is 10.1. The number of amides is 1. The van der Waals surface area contributed by atoms with Crippen LogP contribution >= 0.6 is 0 Å². The third kappa shape index (κ3) is 3.25. The van der Waals surface area contributed by atoms with Gasteiger partial charge in [-0.2, -0.15) is 0 Å². The molecular formula is C12H18N4O6. The molecule has 1 aliphatic heterocycles. The first-order valence-electron chi connectivity index (χ1n) is 6.73. The van der Waals surface area contributed by atoms with E-state index in [1.54, 1.807) is 0 Å². The molecule has 1 fully saturated rings. The van der Waals surface area contributed by atoms with Crippen molar-refractivity contribution in [3.05, 3.63) is 33.1 Å². The number of aromatic nitrogens is 2. The number of rotatable bonds is 5. The van der Waals surface area contributed by atoms with E-state index in [1.807, 2.05) is 0 Å². The lowest BCUT2D eigenvalue weighted by molar-refractivity contribution is -0.123. The standard InChI is InChI=1S/C12H18N4O6/c13-3-1-7(18)14-9-10(20)6(5-17)22-11(9)16-4-2-8(19)15-12(16)21/h2,4,6,9-11,17,20H,1,3,5,13H2,(H,14,18)(H,15,19,21)/t6-,9-,10-,11-/m1/s1. The van der Waals surface area contributed by atoms with E-state index in [2.05, 4.69) is 10.3 Å². The highest BCUT2D eigenvalue weighted by Gasteiger charge is 2.45. The number of ether oxygens (including phenoxy) is 1. The lowest BCUT2D eigenvalue weighted by Crippen LogP contribution is -2.48. The Hall–Kier alpha value is -2.01. The number of hydrogen-bond donors (Lipinski definition) is 5. The van der Waals surface area contributed by atoms with Crippen molar-refractivity contribution >= 4 is 5.91 Å². The number of aliphatic hydroxyl groups is 2. The maximum Gasteiger partial charge on any atom is 0.330 e. The van der Waals surface area contributed by atoms with Crippen molar-refractivity contribution in [2.45, 2.75) is 30.9 Å². The highest BCUT2D eigenvalue weighted by Crippen LogP contribution is 2.28. The molecule has 4 atom stereocenters. The smallest absolute Gasteiger partial charge is 0.330 e. The molecule has 2 heterocycles. The Morgan fingerprint density at radius 3 is 2.82 bits per heavy atom. The van der Waals surface area contributed by atoms with Crippen molar-refractivity contribution in [1.29, 1.82) is 0 Å². The van der Waals surface area contributed by atoms with Crippen LogP contribution in [0.1, 0.15) is 12.6 Å². The zero-order chi connectivity index (χ0) is 16.3. The van der Waals surface area contributed by atoms with Crippen LogP contribution in [-0.4, -0.2) is 57.1 Å². The molecule has 10 nitrogen and oxygen atoms in total. The van der Waals surface area contributed by atoms with Gasteiger partial charge < -0.3 is 26.0 Å². The minimum Gasteiger partial charge on any atom is -0.394 e. The Morgan fingerprint density at radius 2 is 2.23 bits per heavy atom. The summed E-state index contributed by atoms with van der Waals surface area (Å²) >= 11 is 0. The minimum atomic E-state index is -1.21. The van der Waals surface area contributed by atoms with Gasteiger partial charge in [0.15, 0.2) is 6.23 Å². The van der Waals surface area contributed by atoms with Crippen molar-refractivity contribution in [3.8, 4) is 0 Å². The second-order valence-electron chi connectivity index (χ2n) is 4.89. The van der Waals surface area contributed by atoms with Crippen LogP contribution in [0, 0.1) is 0 Å². The number of nitrogens with one attached hydrogen (secondary N) is 2. The van der Waals surface area contributed by atoms with Gasteiger partial charge in [-0.1, -0.05) is 0 Å². The van der Waals surface area contributed by atoms with Gasteiger partial charge >= 0.3 is 5.69 Å². The summed E-state index contributed by atoms with van der Waals surface area (Å²) in [5, 5.41) is 21.9. The summed E-state index contributed by atoms with van der Waals surface area (Å²) in [7, 11) is 0. The number of aliphatic hydroxyl groups excluding tert-OH is 2. The summed E-state index contributed by atoms with van der Waals surface area (Å²) in [6.45, 7) is -0.360. The highest BCUT2D eigenvalue weighted by molar-refractivity contribution is 5.76. The average molecular weight is 314 g/mol. The van der Waals surface area contributed by atoms with Gasteiger partial charge in [0.05, 0.1) is 6.61 Å². The van der Waals surface area contributed by atoms with E-state index in [9.17, 15) is 24.6 Å². The summed E-state index contributed by atoms with van der Waals surface area (Å²) in [5.74, 6) is -0.420. The molecule has 0 aromatic carbocycles. The molecule has 122 valence electrons. The molecule has 0 bridgehead atoms. The molecule has 1 amide bonds. The first kappa shape index (κ1) is 16.4. The topological polar surface area (TPSA) is 160 Å². The summed E-state index contributed by atoms with van der Waals surface area (Å²) < 4.78 is 6.45. The van der Waals surface area contributed by atoms with E-state index in [4.69, 9.17) is 10.5 Å². The van der Waals surface area contributed by atoms with Crippen molar-refractivity contribution < 1.29 is 19.7 Å². The van der Waals surface area contributed by atoms with Gasteiger partial charge in [-0.25, -0.2) is 4.79 Å². The van der Waals surface area contributed by atoms with Gasteiger partial charge in [-0.05, 0) is 0 Å². The highest BCUT2D eigenvalue weighted by atomic mass is 16.5. The molecule has 22 heavy (non-hydrogen) atoms. The van der Waals surface area contributed by atoms with Crippen molar-refractivity contribution in [1.82, 2.24) is 14.9 Å². The Morgan fingerprint density at radius 1 is 1.50 bits per heavy atom. The molecule has 0 aliphatic carbocycles. The lowest BCUT2D eigenvalue weighted by Gasteiger charge is -2.22. The summed E-state index contributed by atoms with van der Waals surface area (Å²) in [6.07, 6.45) is -2.00. The second-order valence-corrected chi connectivity index (χ2v) is 4.89. The number of nitrogens with two attached hydrogens (primary N) is 1. The number of H-pyrrole nitrogens is 1. The van der Waals surface area contributed by atoms with E-state index in [0.717, 1.165) is 10.6 Å². The van der Waals surface area contributed by atoms with Crippen molar-refractivity contribution in [2.24, 2.45) is 5.73 Å². The van der Waals surface area contributed by atoms with E-state index in [-0.39, 0.29) is 13.0 Å². The number of aromatic amines is 1. The molecule has 1 aliphatic rings. The van der Waals surface area contributed by atoms with E-state index in [1.165, 1.54) is 6.20 Å². The molecule has 0 saturated carbocycles.